The molecular weight excluding hydrogens is 371 g/mol. The molecule has 0 saturated heterocycles. The molecule has 0 saturated carbocycles. The molecule has 0 aromatic heterocycles. The molecular formula is C14H12BrClF3NO. The summed E-state index contributed by atoms with van der Waals surface area (Å²) in [5, 5.41) is 12.7. The van der Waals surface area contributed by atoms with Crippen LogP contribution in [0.5, 0.6) is 0 Å². The van der Waals surface area contributed by atoms with Gasteiger partial charge in [0.15, 0.2) is 0 Å². The number of halogens is 5. The van der Waals surface area contributed by atoms with Crippen LogP contribution in [0, 0.1) is 0 Å². The first-order chi connectivity index (χ1) is 9.77. The maximum Gasteiger partial charge on any atom is 0.416 e. The van der Waals surface area contributed by atoms with Gasteiger partial charge in [0.2, 0.25) is 0 Å². The highest BCUT2D eigenvalue weighted by Gasteiger charge is 2.30. The first-order valence-electron chi connectivity index (χ1n) is 6.15. The molecule has 1 aliphatic rings. The molecule has 0 fully saturated rings. The van der Waals surface area contributed by atoms with Crippen LogP contribution < -0.4 is 5.32 Å². The highest BCUT2D eigenvalue weighted by molar-refractivity contribution is 9.11. The molecule has 0 bridgehead atoms. The maximum absolute atomic E-state index is 12.5. The first kappa shape index (κ1) is 16.2. The van der Waals surface area contributed by atoms with Crippen LogP contribution in [-0.4, -0.2) is 11.7 Å². The minimum atomic E-state index is -4.42. The monoisotopic (exact) mass is 381 g/mol. The minimum Gasteiger partial charge on any atom is -0.512 e. The van der Waals surface area contributed by atoms with E-state index in [1.165, 1.54) is 6.07 Å². The van der Waals surface area contributed by atoms with Crippen molar-refractivity contribution in [3.8, 4) is 0 Å². The Bertz CT molecular complexity index is 611. The van der Waals surface area contributed by atoms with Crippen molar-refractivity contribution in [1.29, 1.82) is 0 Å². The number of hydrogen-bond acceptors (Lipinski definition) is 2. The maximum atomic E-state index is 12.5. The summed E-state index contributed by atoms with van der Waals surface area (Å²) in [5.41, 5.74) is 0.282. The van der Waals surface area contributed by atoms with E-state index in [-0.39, 0.29) is 17.3 Å². The Hall–Kier alpha value is -1.14. The van der Waals surface area contributed by atoms with Crippen molar-refractivity contribution in [3.63, 3.8) is 0 Å². The average molecular weight is 383 g/mol. The van der Waals surface area contributed by atoms with Crippen molar-refractivity contribution in [2.24, 2.45) is 0 Å². The topological polar surface area (TPSA) is 32.3 Å². The van der Waals surface area contributed by atoms with Gasteiger partial charge in [0.05, 0.1) is 22.0 Å². The normalized spacial score (nSPS) is 16.0. The zero-order valence-corrected chi connectivity index (χ0v) is 13.1. The molecule has 0 heterocycles. The third-order valence-corrected chi connectivity index (χ3v) is 4.01. The smallest absolute Gasteiger partial charge is 0.416 e. The summed E-state index contributed by atoms with van der Waals surface area (Å²) in [4.78, 5) is 0. The van der Waals surface area contributed by atoms with Crippen molar-refractivity contribution in [3.05, 3.63) is 50.7 Å². The average Bonchev–Trinajstić information content (AvgIpc) is 2.40. The van der Waals surface area contributed by atoms with Gasteiger partial charge in [-0.3, -0.25) is 0 Å². The number of anilines is 1. The van der Waals surface area contributed by atoms with E-state index < -0.39 is 11.7 Å². The Morgan fingerprint density at radius 3 is 2.62 bits per heavy atom. The molecule has 1 aliphatic carbocycles. The van der Waals surface area contributed by atoms with E-state index in [4.69, 9.17) is 11.6 Å². The molecule has 0 aliphatic heterocycles. The fourth-order valence-corrected chi connectivity index (χ4v) is 2.64. The lowest BCUT2D eigenvalue weighted by Gasteiger charge is -2.16. The highest BCUT2D eigenvalue weighted by atomic mass is 79.9. The van der Waals surface area contributed by atoms with E-state index in [0.717, 1.165) is 23.0 Å². The van der Waals surface area contributed by atoms with Crippen LogP contribution in [0.3, 0.4) is 0 Å². The lowest BCUT2D eigenvalue weighted by atomic mass is 10.0. The minimum absolute atomic E-state index is 0.0104. The summed E-state index contributed by atoms with van der Waals surface area (Å²) in [5.74, 6) is 0.272. The van der Waals surface area contributed by atoms with Gasteiger partial charge in [-0.15, -0.1) is 0 Å². The second kappa shape index (κ2) is 6.32. The molecule has 114 valence electrons. The SMILES string of the molecule is OC1=C(CNc2ccc(C(F)(F)F)cc2Cl)C=C(Br)CC1. The van der Waals surface area contributed by atoms with Crippen molar-refractivity contribution < 1.29 is 18.3 Å². The largest absolute Gasteiger partial charge is 0.512 e. The molecule has 21 heavy (non-hydrogen) atoms. The third-order valence-electron chi connectivity index (χ3n) is 3.07. The lowest BCUT2D eigenvalue weighted by Crippen LogP contribution is -2.10. The molecule has 1 aromatic carbocycles. The van der Waals surface area contributed by atoms with E-state index >= 15 is 0 Å². The molecule has 0 radical (unpaired) electrons. The Kier molecular flexibility index (Phi) is 4.88. The Morgan fingerprint density at radius 2 is 2.00 bits per heavy atom. The number of allylic oxidation sites excluding steroid dienone is 2. The number of hydrogen-bond donors (Lipinski definition) is 2. The number of aliphatic hydroxyl groups excluding tert-OH is 1. The van der Waals surface area contributed by atoms with Crippen LogP contribution >= 0.6 is 27.5 Å². The van der Waals surface area contributed by atoms with Gasteiger partial charge in [0, 0.05) is 18.5 Å². The summed E-state index contributed by atoms with van der Waals surface area (Å²) < 4.78 is 38.6. The van der Waals surface area contributed by atoms with Crippen molar-refractivity contribution in [2.75, 3.05) is 11.9 Å². The first-order valence-corrected chi connectivity index (χ1v) is 7.32. The zero-order valence-electron chi connectivity index (χ0n) is 10.8. The zero-order chi connectivity index (χ0) is 15.6. The second-order valence-corrected chi connectivity index (χ2v) is 6.03. The van der Waals surface area contributed by atoms with Gasteiger partial charge in [0.1, 0.15) is 0 Å². The molecule has 0 spiro atoms. The molecule has 2 rings (SSSR count). The van der Waals surface area contributed by atoms with Gasteiger partial charge in [-0.25, -0.2) is 0 Å². The number of benzene rings is 1. The Balaban J connectivity index is 2.11. The van der Waals surface area contributed by atoms with Crippen LogP contribution in [0.4, 0.5) is 18.9 Å². The Labute approximate surface area is 133 Å². The number of rotatable bonds is 3. The highest BCUT2D eigenvalue weighted by Crippen LogP contribution is 2.34. The van der Waals surface area contributed by atoms with Crippen LogP contribution in [0.1, 0.15) is 18.4 Å². The van der Waals surface area contributed by atoms with Crippen LogP contribution in [-0.2, 0) is 6.18 Å². The second-order valence-electron chi connectivity index (χ2n) is 4.61. The fraction of sp³-hybridized carbons (Fsp3) is 0.286. The Morgan fingerprint density at radius 1 is 1.29 bits per heavy atom. The van der Waals surface area contributed by atoms with E-state index in [9.17, 15) is 18.3 Å². The van der Waals surface area contributed by atoms with E-state index in [1.807, 2.05) is 0 Å². The summed E-state index contributed by atoms with van der Waals surface area (Å²) >= 11 is 9.22. The van der Waals surface area contributed by atoms with Gasteiger partial charge in [-0.2, -0.15) is 13.2 Å². The van der Waals surface area contributed by atoms with Gasteiger partial charge >= 0.3 is 6.18 Å². The molecule has 2 nitrogen and oxygen atoms in total. The van der Waals surface area contributed by atoms with E-state index in [2.05, 4.69) is 21.2 Å². The van der Waals surface area contributed by atoms with Crippen molar-refractivity contribution in [1.82, 2.24) is 0 Å². The van der Waals surface area contributed by atoms with Gasteiger partial charge in [-0.05, 0) is 35.2 Å². The molecule has 0 unspecified atom stereocenters. The quantitative estimate of drug-likeness (QED) is 0.707. The van der Waals surface area contributed by atoms with E-state index in [1.54, 1.807) is 6.08 Å². The summed E-state index contributed by atoms with van der Waals surface area (Å²) in [6.45, 7) is 0.284. The van der Waals surface area contributed by atoms with Gasteiger partial charge in [0.25, 0.3) is 0 Å². The summed E-state index contributed by atoms with van der Waals surface area (Å²) in [6, 6.07) is 3.13. The van der Waals surface area contributed by atoms with Crippen LogP contribution in [0.2, 0.25) is 5.02 Å². The lowest BCUT2D eigenvalue weighted by molar-refractivity contribution is -0.137. The van der Waals surface area contributed by atoms with Gasteiger partial charge in [-0.1, -0.05) is 27.5 Å². The standard InChI is InChI=1S/C14H12BrClF3NO/c15-10-2-4-13(21)8(5-10)7-20-12-3-1-9(6-11(12)16)14(17,18)19/h1,3,5-6,20-21H,2,4,7H2. The molecule has 0 amide bonds. The van der Waals surface area contributed by atoms with Crippen molar-refractivity contribution >= 4 is 33.2 Å². The van der Waals surface area contributed by atoms with Gasteiger partial charge < -0.3 is 10.4 Å². The third kappa shape index (κ3) is 4.17. The van der Waals surface area contributed by atoms with Crippen LogP contribution in [0.25, 0.3) is 0 Å². The van der Waals surface area contributed by atoms with Crippen molar-refractivity contribution in [2.45, 2.75) is 19.0 Å². The van der Waals surface area contributed by atoms with E-state index in [0.29, 0.717) is 17.7 Å². The predicted molar refractivity (Wildman–Crippen MR) is 80.8 cm³/mol. The molecule has 0 atom stereocenters. The molecule has 7 heteroatoms. The number of alkyl halides is 3. The molecule has 2 N–H and O–H groups in total. The summed E-state index contributed by atoms with van der Waals surface area (Å²) in [6.07, 6.45) is -1.35. The predicted octanol–water partition coefficient (Wildman–Crippen LogP) is 5.66. The van der Waals surface area contributed by atoms with Crippen LogP contribution in [0.15, 0.2) is 40.1 Å². The number of nitrogens with one attached hydrogen (secondary N) is 1. The molecule has 1 aromatic rings. The fourth-order valence-electron chi connectivity index (χ4n) is 1.92. The summed E-state index contributed by atoms with van der Waals surface area (Å²) in [7, 11) is 0. The number of aliphatic hydroxyl groups is 1.